The van der Waals surface area contributed by atoms with Crippen molar-refractivity contribution >= 4 is 29.1 Å². The summed E-state index contributed by atoms with van der Waals surface area (Å²) in [6.45, 7) is 2.54. The first-order chi connectivity index (χ1) is 21.4. The normalized spacial score (nSPS) is 18.2. The molecule has 2 atom stereocenters. The number of esters is 1. The minimum Gasteiger partial charge on any atom is -0.462 e. The quantitative estimate of drug-likeness (QED) is 0.227. The number of aromatic nitrogens is 1. The molecule has 2 aromatic heterocycles. The number of hydrogen-bond donors (Lipinski definition) is 1. The summed E-state index contributed by atoms with van der Waals surface area (Å²) in [5, 5.41) is 4.97. The summed E-state index contributed by atoms with van der Waals surface area (Å²) in [6.07, 6.45) is 4.40. The Labute approximate surface area is 259 Å². The molecule has 7 rings (SSSR count). The van der Waals surface area contributed by atoms with Gasteiger partial charge in [-0.1, -0.05) is 36.4 Å². The highest BCUT2D eigenvalue weighted by Gasteiger charge is 2.45. The van der Waals surface area contributed by atoms with Gasteiger partial charge in [0.2, 0.25) is 0 Å². The molecule has 1 fully saturated rings. The van der Waals surface area contributed by atoms with Gasteiger partial charge in [-0.15, -0.1) is 11.3 Å². The predicted molar refractivity (Wildman–Crippen MR) is 165 cm³/mol. The van der Waals surface area contributed by atoms with Gasteiger partial charge in [0.05, 0.1) is 46.8 Å². The molecule has 1 unspecified atom stereocenters. The summed E-state index contributed by atoms with van der Waals surface area (Å²) in [5.74, 6) is -1.19. The van der Waals surface area contributed by atoms with E-state index in [4.69, 9.17) is 9.72 Å². The summed E-state index contributed by atoms with van der Waals surface area (Å²) in [6, 6.07) is 16.0. The maximum absolute atomic E-state index is 13.8. The molecule has 2 aliphatic heterocycles. The van der Waals surface area contributed by atoms with Crippen LogP contribution >= 0.6 is 11.3 Å². The molecule has 2 amide bonds. The van der Waals surface area contributed by atoms with E-state index in [1.807, 2.05) is 17.0 Å². The van der Waals surface area contributed by atoms with E-state index in [9.17, 15) is 18.8 Å². The third-order valence-corrected chi connectivity index (χ3v) is 9.88. The lowest BCUT2D eigenvalue weighted by molar-refractivity contribution is 0.0525. The highest BCUT2D eigenvalue weighted by atomic mass is 32.1. The lowest BCUT2D eigenvalue weighted by Gasteiger charge is -2.17. The predicted octanol–water partition coefficient (Wildman–Crippen LogP) is 6.62. The standard InChI is InChI=1S/C35H32FN3O4S/c1-2-43-35(42)29-26(15-11-20-9-13-23(36)14-10-20)37-32-27-8-5-17-39(27)34(41)31(32)30(29)28-18-22(19-44-28)33(40)38-25-16-12-21-6-3-4-7-24(21)25/h3-4,6-7,9-10,13-14,18-19,25,27H,2,5,8,11-12,15-17H2,1H3,(H,38,40)/t25?,27-/m0/s1. The lowest BCUT2D eigenvalue weighted by atomic mass is 9.93. The van der Waals surface area contributed by atoms with Crippen LogP contribution in [0, 0.1) is 5.82 Å². The van der Waals surface area contributed by atoms with Gasteiger partial charge in [0.15, 0.2) is 0 Å². The summed E-state index contributed by atoms with van der Waals surface area (Å²) in [7, 11) is 0. The van der Waals surface area contributed by atoms with Crippen molar-refractivity contribution in [1.82, 2.24) is 15.2 Å². The molecule has 4 aromatic rings. The van der Waals surface area contributed by atoms with Crippen LogP contribution in [-0.2, 0) is 24.0 Å². The Bertz CT molecular complexity index is 1780. The Hall–Kier alpha value is -4.37. The third-order valence-electron chi connectivity index (χ3n) is 8.93. The number of aryl methyl sites for hydroxylation is 3. The molecule has 0 radical (unpaired) electrons. The molecule has 1 saturated heterocycles. The van der Waals surface area contributed by atoms with E-state index in [-0.39, 0.29) is 41.9 Å². The van der Waals surface area contributed by atoms with Crippen LogP contribution in [0.25, 0.3) is 10.4 Å². The van der Waals surface area contributed by atoms with Gasteiger partial charge in [-0.25, -0.2) is 9.18 Å². The number of rotatable bonds is 8. The minimum atomic E-state index is -0.547. The first kappa shape index (κ1) is 28.4. The van der Waals surface area contributed by atoms with Gasteiger partial charge in [-0.05, 0) is 80.3 Å². The number of hydrogen-bond acceptors (Lipinski definition) is 6. The molecular formula is C35H32FN3O4S. The molecule has 0 spiro atoms. The van der Waals surface area contributed by atoms with Crippen LogP contribution in [-0.4, -0.2) is 40.8 Å². The zero-order valence-electron chi connectivity index (χ0n) is 24.4. The van der Waals surface area contributed by atoms with E-state index in [1.54, 1.807) is 30.5 Å². The highest BCUT2D eigenvalue weighted by Crippen LogP contribution is 2.47. The molecule has 7 nitrogen and oxygen atoms in total. The Kier molecular flexibility index (Phi) is 7.50. The first-order valence-electron chi connectivity index (χ1n) is 15.2. The van der Waals surface area contributed by atoms with Crippen molar-refractivity contribution in [3.05, 3.63) is 111 Å². The van der Waals surface area contributed by atoms with Gasteiger partial charge >= 0.3 is 5.97 Å². The van der Waals surface area contributed by atoms with E-state index in [1.165, 1.54) is 29.0 Å². The largest absolute Gasteiger partial charge is 0.462 e. The van der Waals surface area contributed by atoms with Crippen LogP contribution in [0.4, 0.5) is 4.39 Å². The number of nitrogens with zero attached hydrogens (tertiary/aromatic N) is 2. The first-order valence-corrected chi connectivity index (χ1v) is 16.1. The van der Waals surface area contributed by atoms with Crippen molar-refractivity contribution in [1.29, 1.82) is 0 Å². The molecule has 3 aliphatic rings. The van der Waals surface area contributed by atoms with Crippen molar-refractivity contribution in [2.24, 2.45) is 0 Å². The Balaban J connectivity index is 1.29. The monoisotopic (exact) mass is 609 g/mol. The number of ether oxygens (including phenoxy) is 1. The number of fused-ring (bicyclic) bond motifs is 4. The number of carbonyl (C=O) groups excluding carboxylic acids is 3. The van der Waals surface area contributed by atoms with Crippen molar-refractivity contribution in [3.8, 4) is 10.4 Å². The van der Waals surface area contributed by atoms with Crippen molar-refractivity contribution in [2.45, 2.75) is 57.5 Å². The number of halogens is 1. The van der Waals surface area contributed by atoms with Crippen LogP contribution in [0.3, 0.4) is 0 Å². The topological polar surface area (TPSA) is 88.6 Å². The van der Waals surface area contributed by atoms with E-state index < -0.39 is 5.97 Å². The third kappa shape index (κ3) is 4.99. The number of amides is 2. The molecule has 4 heterocycles. The fraction of sp³-hybridized carbons (Fsp3) is 0.314. The molecule has 0 saturated carbocycles. The average molecular weight is 610 g/mol. The number of pyridine rings is 1. The van der Waals surface area contributed by atoms with E-state index in [0.29, 0.717) is 52.3 Å². The minimum absolute atomic E-state index is 0.0610. The zero-order chi connectivity index (χ0) is 30.4. The van der Waals surface area contributed by atoms with E-state index >= 15 is 0 Å². The Morgan fingerprint density at radius 2 is 1.91 bits per heavy atom. The van der Waals surface area contributed by atoms with Crippen LogP contribution in [0.1, 0.15) is 97.4 Å². The molecule has 1 N–H and O–H groups in total. The summed E-state index contributed by atoms with van der Waals surface area (Å²) >= 11 is 1.34. The molecule has 1 aliphatic carbocycles. The van der Waals surface area contributed by atoms with Crippen LogP contribution in [0.2, 0.25) is 0 Å². The molecule has 0 bridgehead atoms. The van der Waals surface area contributed by atoms with Crippen molar-refractivity contribution in [2.75, 3.05) is 13.2 Å². The fourth-order valence-electron chi connectivity index (χ4n) is 6.85. The van der Waals surface area contributed by atoms with Crippen molar-refractivity contribution < 1.29 is 23.5 Å². The van der Waals surface area contributed by atoms with Gasteiger partial charge in [0, 0.05) is 22.4 Å². The van der Waals surface area contributed by atoms with E-state index in [0.717, 1.165) is 36.8 Å². The van der Waals surface area contributed by atoms with E-state index in [2.05, 4.69) is 17.4 Å². The summed E-state index contributed by atoms with van der Waals surface area (Å²) < 4.78 is 19.1. The summed E-state index contributed by atoms with van der Waals surface area (Å²) in [5.41, 5.74) is 6.21. The second-order valence-electron chi connectivity index (χ2n) is 11.5. The van der Waals surface area contributed by atoms with Crippen LogP contribution in [0.5, 0.6) is 0 Å². The van der Waals surface area contributed by atoms with Crippen LogP contribution in [0.15, 0.2) is 60.0 Å². The van der Waals surface area contributed by atoms with Crippen LogP contribution < -0.4 is 5.32 Å². The smallest absolute Gasteiger partial charge is 0.340 e. The van der Waals surface area contributed by atoms with Crippen molar-refractivity contribution in [3.63, 3.8) is 0 Å². The number of thiophene rings is 1. The molecule has 9 heteroatoms. The SMILES string of the molecule is CCOC(=O)c1c(CCc2ccc(F)cc2)nc2c(c1-c1cc(C(=O)NC3CCc4ccccc43)cs1)C(=O)N1CCC[C@@H]21. The summed E-state index contributed by atoms with van der Waals surface area (Å²) in [4.78, 5) is 48.4. The van der Waals surface area contributed by atoms with Gasteiger partial charge < -0.3 is 15.0 Å². The number of carbonyl (C=O) groups is 3. The van der Waals surface area contributed by atoms with Gasteiger partial charge in [0.1, 0.15) is 5.82 Å². The Morgan fingerprint density at radius 1 is 1.09 bits per heavy atom. The second-order valence-corrected chi connectivity index (χ2v) is 12.4. The highest BCUT2D eigenvalue weighted by molar-refractivity contribution is 7.14. The molecule has 44 heavy (non-hydrogen) atoms. The Morgan fingerprint density at radius 3 is 2.73 bits per heavy atom. The lowest BCUT2D eigenvalue weighted by Crippen LogP contribution is -2.26. The maximum Gasteiger partial charge on any atom is 0.340 e. The number of benzene rings is 2. The van der Waals surface area contributed by atoms with Gasteiger partial charge in [-0.3, -0.25) is 14.6 Å². The second kappa shape index (κ2) is 11.6. The fourth-order valence-corrected chi connectivity index (χ4v) is 7.80. The number of nitrogens with one attached hydrogen (secondary N) is 1. The molecule has 224 valence electrons. The zero-order valence-corrected chi connectivity index (χ0v) is 25.2. The molecule has 2 aromatic carbocycles. The maximum atomic E-state index is 13.8. The van der Waals surface area contributed by atoms with Gasteiger partial charge in [-0.2, -0.15) is 0 Å². The molecular weight excluding hydrogens is 577 g/mol. The average Bonchev–Trinajstić information content (AvgIpc) is 3.83. The van der Waals surface area contributed by atoms with Gasteiger partial charge in [0.25, 0.3) is 11.8 Å².